The van der Waals surface area contributed by atoms with Gasteiger partial charge in [-0.25, -0.2) is 9.18 Å². The smallest absolute Gasteiger partial charge is 0.322 e. The molecule has 0 aliphatic rings. The topological polar surface area (TPSA) is 87.5 Å². The Balaban J connectivity index is 2.03. The molecule has 8 heteroatoms. The number of halogens is 1. The minimum atomic E-state index is -0.551. The molecule has 2 N–H and O–H groups in total. The van der Waals surface area contributed by atoms with E-state index in [1.165, 1.54) is 23.1 Å². The molecule has 7 nitrogen and oxygen atoms in total. The number of hydrogen-bond acceptors (Lipinski definition) is 4. The standard InChI is InChI=1S/C17H21FN4O3/c1-11(2)9-22(10-16(23)20-15-8-12(3)25-21-15)17(24)19-14-7-5-4-6-13(14)18/h4-8,11H,9-10H2,1-3H3,(H,19,24)(H,20,21,23). The van der Waals surface area contributed by atoms with Gasteiger partial charge in [-0.1, -0.05) is 31.1 Å². The van der Waals surface area contributed by atoms with Gasteiger partial charge >= 0.3 is 6.03 Å². The number of rotatable bonds is 6. The Bertz CT molecular complexity index is 745. The van der Waals surface area contributed by atoms with Gasteiger partial charge in [-0.05, 0) is 25.0 Å². The van der Waals surface area contributed by atoms with Crippen LogP contribution in [0.1, 0.15) is 19.6 Å². The van der Waals surface area contributed by atoms with Gasteiger partial charge in [0.1, 0.15) is 18.1 Å². The van der Waals surface area contributed by atoms with Crippen molar-refractivity contribution >= 4 is 23.4 Å². The van der Waals surface area contributed by atoms with Gasteiger partial charge in [-0.2, -0.15) is 0 Å². The number of anilines is 2. The Morgan fingerprint density at radius 2 is 2.00 bits per heavy atom. The van der Waals surface area contributed by atoms with E-state index in [1.807, 2.05) is 13.8 Å². The number of amides is 3. The highest BCUT2D eigenvalue weighted by molar-refractivity contribution is 5.96. The molecule has 0 spiro atoms. The second-order valence-electron chi connectivity index (χ2n) is 6.06. The summed E-state index contributed by atoms with van der Waals surface area (Å²) in [4.78, 5) is 25.9. The Kier molecular flexibility index (Phi) is 6.10. The fraction of sp³-hybridized carbons (Fsp3) is 0.353. The van der Waals surface area contributed by atoms with Crippen LogP contribution in [0.5, 0.6) is 0 Å². The number of benzene rings is 1. The summed E-state index contributed by atoms with van der Waals surface area (Å²) in [6, 6.07) is 6.88. The second-order valence-corrected chi connectivity index (χ2v) is 6.06. The SMILES string of the molecule is Cc1cc(NC(=O)CN(CC(C)C)C(=O)Nc2ccccc2F)no1. The Hall–Kier alpha value is -2.90. The Labute approximate surface area is 145 Å². The molecule has 0 unspecified atom stereocenters. The maximum absolute atomic E-state index is 13.7. The van der Waals surface area contributed by atoms with Crippen LogP contribution in [-0.4, -0.2) is 35.1 Å². The Morgan fingerprint density at radius 1 is 1.28 bits per heavy atom. The molecule has 0 saturated carbocycles. The fourth-order valence-electron chi connectivity index (χ4n) is 2.20. The highest BCUT2D eigenvalue weighted by atomic mass is 19.1. The molecule has 1 aromatic carbocycles. The predicted octanol–water partition coefficient (Wildman–Crippen LogP) is 3.25. The van der Waals surface area contributed by atoms with Crippen molar-refractivity contribution in [2.45, 2.75) is 20.8 Å². The zero-order valence-corrected chi connectivity index (χ0v) is 14.4. The van der Waals surface area contributed by atoms with Gasteiger partial charge in [0, 0.05) is 12.6 Å². The average molecular weight is 348 g/mol. The quantitative estimate of drug-likeness (QED) is 0.839. The maximum atomic E-state index is 13.7. The minimum absolute atomic E-state index is 0.0637. The molecule has 0 bridgehead atoms. The monoisotopic (exact) mass is 348 g/mol. The average Bonchev–Trinajstić information content (AvgIpc) is 2.93. The summed E-state index contributed by atoms with van der Waals surface area (Å²) in [5, 5.41) is 8.72. The number of para-hydroxylation sites is 1. The number of urea groups is 1. The lowest BCUT2D eigenvalue weighted by molar-refractivity contribution is -0.116. The summed E-state index contributed by atoms with van der Waals surface area (Å²) in [6.07, 6.45) is 0. The number of aromatic nitrogens is 1. The number of hydrogen-bond donors (Lipinski definition) is 2. The van der Waals surface area contributed by atoms with Gasteiger partial charge in [0.05, 0.1) is 5.69 Å². The van der Waals surface area contributed by atoms with E-state index < -0.39 is 17.8 Å². The van der Waals surface area contributed by atoms with Crippen molar-refractivity contribution in [2.24, 2.45) is 5.92 Å². The number of carbonyl (C=O) groups is 2. The van der Waals surface area contributed by atoms with E-state index in [-0.39, 0.29) is 24.0 Å². The number of aryl methyl sites for hydroxylation is 1. The molecular formula is C17H21FN4O3. The third-order valence-electron chi connectivity index (χ3n) is 3.22. The van der Waals surface area contributed by atoms with Gasteiger partial charge in [0.2, 0.25) is 5.91 Å². The van der Waals surface area contributed by atoms with Crippen LogP contribution in [0.15, 0.2) is 34.9 Å². The van der Waals surface area contributed by atoms with E-state index >= 15 is 0 Å². The van der Waals surface area contributed by atoms with Gasteiger partial charge in [0.25, 0.3) is 0 Å². The third-order valence-corrected chi connectivity index (χ3v) is 3.22. The normalized spacial score (nSPS) is 10.6. The molecule has 3 amide bonds. The van der Waals surface area contributed by atoms with E-state index in [2.05, 4.69) is 15.8 Å². The summed E-state index contributed by atoms with van der Waals surface area (Å²) in [6.45, 7) is 5.69. The molecule has 0 atom stereocenters. The molecule has 2 rings (SSSR count). The van der Waals surface area contributed by atoms with E-state index in [0.29, 0.717) is 12.3 Å². The summed E-state index contributed by atoms with van der Waals surface area (Å²) < 4.78 is 18.6. The first-order valence-electron chi connectivity index (χ1n) is 7.88. The van der Waals surface area contributed by atoms with Crippen LogP contribution < -0.4 is 10.6 Å². The first kappa shape index (κ1) is 18.4. The Morgan fingerprint density at radius 3 is 2.60 bits per heavy atom. The molecule has 0 fully saturated rings. The van der Waals surface area contributed by atoms with Crippen LogP contribution in [-0.2, 0) is 4.79 Å². The van der Waals surface area contributed by atoms with Crippen molar-refractivity contribution in [1.82, 2.24) is 10.1 Å². The summed E-state index contributed by atoms with van der Waals surface area (Å²) in [5.74, 6) is 0.0158. The van der Waals surface area contributed by atoms with Crippen molar-refractivity contribution in [1.29, 1.82) is 0 Å². The molecule has 0 aliphatic carbocycles. The van der Waals surface area contributed by atoms with Crippen molar-refractivity contribution in [3.05, 3.63) is 41.9 Å². The number of nitrogens with zero attached hydrogens (tertiary/aromatic N) is 2. The minimum Gasteiger partial charge on any atom is -0.360 e. The van der Waals surface area contributed by atoms with Crippen molar-refractivity contribution < 1.29 is 18.5 Å². The molecule has 134 valence electrons. The molecular weight excluding hydrogens is 327 g/mol. The van der Waals surface area contributed by atoms with Crippen LogP contribution >= 0.6 is 0 Å². The molecule has 0 aliphatic heterocycles. The van der Waals surface area contributed by atoms with Crippen LogP contribution in [0.25, 0.3) is 0 Å². The lowest BCUT2D eigenvalue weighted by Gasteiger charge is -2.24. The zero-order chi connectivity index (χ0) is 18.4. The maximum Gasteiger partial charge on any atom is 0.322 e. The van der Waals surface area contributed by atoms with Crippen LogP contribution in [0.2, 0.25) is 0 Å². The van der Waals surface area contributed by atoms with Crippen molar-refractivity contribution in [2.75, 3.05) is 23.7 Å². The number of nitrogens with one attached hydrogen (secondary N) is 2. The largest absolute Gasteiger partial charge is 0.360 e. The number of carbonyl (C=O) groups excluding carboxylic acids is 2. The molecule has 0 radical (unpaired) electrons. The van der Waals surface area contributed by atoms with Gasteiger partial charge in [0.15, 0.2) is 5.82 Å². The van der Waals surface area contributed by atoms with Crippen LogP contribution in [0.3, 0.4) is 0 Å². The summed E-state index contributed by atoms with van der Waals surface area (Å²) in [5.41, 5.74) is 0.0637. The molecule has 2 aromatic rings. The van der Waals surface area contributed by atoms with E-state index in [9.17, 15) is 14.0 Å². The van der Waals surface area contributed by atoms with Crippen molar-refractivity contribution in [3.8, 4) is 0 Å². The highest BCUT2D eigenvalue weighted by Gasteiger charge is 2.20. The van der Waals surface area contributed by atoms with Crippen LogP contribution in [0.4, 0.5) is 20.7 Å². The third kappa shape index (κ3) is 5.59. The lowest BCUT2D eigenvalue weighted by atomic mass is 10.2. The fourth-order valence-corrected chi connectivity index (χ4v) is 2.20. The van der Waals surface area contributed by atoms with E-state index in [1.54, 1.807) is 19.1 Å². The van der Waals surface area contributed by atoms with Gasteiger partial charge < -0.3 is 20.1 Å². The van der Waals surface area contributed by atoms with Crippen molar-refractivity contribution in [3.63, 3.8) is 0 Å². The first-order valence-corrected chi connectivity index (χ1v) is 7.88. The van der Waals surface area contributed by atoms with Gasteiger partial charge in [-0.3, -0.25) is 4.79 Å². The summed E-state index contributed by atoms with van der Waals surface area (Å²) in [7, 11) is 0. The van der Waals surface area contributed by atoms with Gasteiger partial charge in [-0.15, -0.1) is 0 Å². The second kappa shape index (κ2) is 8.27. The van der Waals surface area contributed by atoms with E-state index in [4.69, 9.17) is 4.52 Å². The van der Waals surface area contributed by atoms with Crippen LogP contribution in [0, 0.1) is 18.7 Å². The molecule has 1 heterocycles. The zero-order valence-electron chi connectivity index (χ0n) is 14.4. The molecule has 25 heavy (non-hydrogen) atoms. The summed E-state index contributed by atoms with van der Waals surface area (Å²) >= 11 is 0. The predicted molar refractivity (Wildman–Crippen MR) is 91.7 cm³/mol. The van der Waals surface area contributed by atoms with E-state index in [0.717, 1.165) is 0 Å². The molecule has 1 aromatic heterocycles. The lowest BCUT2D eigenvalue weighted by Crippen LogP contribution is -2.42. The molecule has 0 saturated heterocycles. The first-order chi connectivity index (χ1) is 11.8. The highest BCUT2D eigenvalue weighted by Crippen LogP contribution is 2.14.